The molecule has 0 saturated heterocycles. The average molecular weight is 283 g/mol. The van der Waals surface area contributed by atoms with E-state index in [1.165, 1.54) is 25.1 Å². The molecule has 0 amide bonds. The minimum Gasteiger partial charge on any atom is -0.395 e. The summed E-state index contributed by atoms with van der Waals surface area (Å²) in [6, 6.07) is 7.44. The van der Waals surface area contributed by atoms with Crippen molar-refractivity contribution >= 4 is 9.84 Å². The van der Waals surface area contributed by atoms with Crippen molar-refractivity contribution < 1.29 is 17.9 Å². The van der Waals surface area contributed by atoms with Crippen LogP contribution < -0.4 is 0 Å². The third kappa shape index (κ3) is 2.03. The zero-order valence-electron chi connectivity index (χ0n) is 10.4. The number of nitrogens with zero attached hydrogens (tertiary/aromatic N) is 1. The van der Waals surface area contributed by atoms with Crippen LogP contribution in [-0.2, 0) is 9.84 Å². The molecule has 1 saturated carbocycles. The van der Waals surface area contributed by atoms with E-state index in [0.29, 0.717) is 5.56 Å². The van der Waals surface area contributed by atoms with Crippen molar-refractivity contribution in [3.8, 4) is 6.07 Å². The lowest BCUT2D eigenvalue weighted by atomic mass is 10.0. The van der Waals surface area contributed by atoms with E-state index < -0.39 is 38.8 Å². The molecule has 0 unspecified atom stereocenters. The van der Waals surface area contributed by atoms with Gasteiger partial charge in [0.2, 0.25) is 0 Å². The summed E-state index contributed by atoms with van der Waals surface area (Å²) in [5, 5.41) is 17.7. The monoisotopic (exact) mass is 283 g/mol. The fraction of sp³-hybridized carbons (Fsp3) is 0.462. The molecule has 1 aromatic rings. The highest BCUT2D eigenvalue weighted by Gasteiger charge is 2.71. The van der Waals surface area contributed by atoms with E-state index in [1.807, 2.05) is 6.07 Å². The third-order valence-electron chi connectivity index (χ3n) is 3.72. The fourth-order valence-corrected chi connectivity index (χ4v) is 4.65. The molecule has 0 spiro atoms. The summed E-state index contributed by atoms with van der Waals surface area (Å²) >= 11 is 0. The van der Waals surface area contributed by atoms with Gasteiger partial charge in [0.05, 0.1) is 17.9 Å². The van der Waals surface area contributed by atoms with Crippen molar-refractivity contribution in [2.45, 2.75) is 18.1 Å². The molecule has 1 aromatic carbocycles. The number of hydrogen-bond donors (Lipinski definition) is 1. The predicted molar refractivity (Wildman–Crippen MR) is 67.5 cm³/mol. The quantitative estimate of drug-likeness (QED) is 0.901. The van der Waals surface area contributed by atoms with Crippen LogP contribution in [0.15, 0.2) is 24.3 Å². The van der Waals surface area contributed by atoms with Crippen molar-refractivity contribution in [2.24, 2.45) is 5.41 Å². The molecule has 0 aliphatic heterocycles. The SMILES string of the molecule is CCS(=O)(=O)[C@@H]1[C@@H](c2cccc(F)c2)[C@]1(C#N)CO. The van der Waals surface area contributed by atoms with E-state index in [4.69, 9.17) is 0 Å². The van der Waals surface area contributed by atoms with Crippen molar-refractivity contribution in [2.75, 3.05) is 12.4 Å². The lowest BCUT2D eigenvalue weighted by molar-refractivity contribution is 0.242. The fourth-order valence-electron chi connectivity index (χ4n) is 2.64. The van der Waals surface area contributed by atoms with Gasteiger partial charge in [-0.3, -0.25) is 0 Å². The normalized spacial score (nSPS) is 29.8. The van der Waals surface area contributed by atoms with Crippen LogP contribution in [0.1, 0.15) is 18.4 Å². The smallest absolute Gasteiger partial charge is 0.155 e. The highest BCUT2D eigenvalue weighted by atomic mass is 32.2. The van der Waals surface area contributed by atoms with Crippen LogP contribution >= 0.6 is 0 Å². The highest BCUT2D eigenvalue weighted by molar-refractivity contribution is 7.92. The summed E-state index contributed by atoms with van der Waals surface area (Å²) in [6.07, 6.45) is 0. The molecule has 19 heavy (non-hydrogen) atoms. The molecule has 1 aliphatic rings. The topological polar surface area (TPSA) is 78.2 Å². The van der Waals surface area contributed by atoms with Gasteiger partial charge in [0.15, 0.2) is 9.84 Å². The molecule has 1 N–H and O–H groups in total. The molecular weight excluding hydrogens is 269 g/mol. The number of sulfone groups is 1. The first kappa shape index (κ1) is 14.0. The molecule has 1 aliphatic carbocycles. The Morgan fingerprint density at radius 1 is 1.53 bits per heavy atom. The molecule has 2 rings (SSSR count). The Balaban J connectivity index is 2.49. The number of halogens is 1. The first-order chi connectivity index (χ1) is 8.93. The number of aliphatic hydroxyl groups excluding tert-OH is 1. The predicted octanol–water partition coefficient (Wildman–Crippen LogP) is 1.23. The maximum atomic E-state index is 13.2. The van der Waals surface area contributed by atoms with Crippen LogP contribution in [0.4, 0.5) is 4.39 Å². The molecule has 1 fully saturated rings. The summed E-state index contributed by atoms with van der Waals surface area (Å²) in [4.78, 5) is 0. The molecule has 102 valence electrons. The van der Waals surface area contributed by atoms with Crippen molar-refractivity contribution in [3.05, 3.63) is 35.6 Å². The van der Waals surface area contributed by atoms with Crippen molar-refractivity contribution in [1.29, 1.82) is 5.26 Å². The second kappa shape index (κ2) is 4.58. The van der Waals surface area contributed by atoms with Crippen LogP contribution in [0.25, 0.3) is 0 Å². The maximum Gasteiger partial charge on any atom is 0.155 e. The first-order valence-corrected chi connectivity index (χ1v) is 7.63. The molecule has 0 heterocycles. The Labute approximate surface area is 111 Å². The number of rotatable bonds is 4. The summed E-state index contributed by atoms with van der Waals surface area (Å²) in [5.41, 5.74) is -0.902. The minimum absolute atomic E-state index is 0.104. The molecule has 0 aromatic heterocycles. The minimum atomic E-state index is -3.47. The van der Waals surface area contributed by atoms with Crippen LogP contribution in [0.2, 0.25) is 0 Å². The Bertz CT molecular complexity index is 638. The van der Waals surface area contributed by atoms with E-state index in [2.05, 4.69) is 0 Å². The number of hydrogen-bond acceptors (Lipinski definition) is 4. The van der Waals surface area contributed by atoms with Gasteiger partial charge in [-0.25, -0.2) is 12.8 Å². The Hall–Kier alpha value is -1.45. The Morgan fingerprint density at radius 3 is 2.68 bits per heavy atom. The largest absolute Gasteiger partial charge is 0.395 e. The van der Waals surface area contributed by atoms with Crippen molar-refractivity contribution in [1.82, 2.24) is 0 Å². The number of aliphatic hydroxyl groups is 1. The van der Waals surface area contributed by atoms with Gasteiger partial charge < -0.3 is 5.11 Å². The third-order valence-corrected chi connectivity index (χ3v) is 5.99. The van der Waals surface area contributed by atoms with Gasteiger partial charge in [-0.2, -0.15) is 5.26 Å². The lowest BCUT2D eigenvalue weighted by Gasteiger charge is -2.03. The van der Waals surface area contributed by atoms with Crippen LogP contribution in [0, 0.1) is 22.6 Å². The van der Waals surface area contributed by atoms with E-state index in [-0.39, 0.29) is 5.75 Å². The molecule has 0 radical (unpaired) electrons. The summed E-state index contributed by atoms with van der Waals surface area (Å²) in [5.74, 6) is -1.25. The number of benzene rings is 1. The van der Waals surface area contributed by atoms with Crippen LogP contribution in [-0.4, -0.2) is 31.1 Å². The zero-order valence-corrected chi connectivity index (χ0v) is 11.2. The molecule has 4 nitrogen and oxygen atoms in total. The van der Waals surface area contributed by atoms with Gasteiger partial charge in [0.25, 0.3) is 0 Å². The second-order valence-corrected chi connectivity index (χ2v) is 7.13. The molecular formula is C13H14FNO3S. The van der Waals surface area contributed by atoms with E-state index in [1.54, 1.807) is 6.07 Å². The summed E-state index contributed by atoms with van der Waals surface area (Å²) in [6.45, 7) is 0.949. The van der Waals surface area contributed by atoms with Gasteiger partial charge >= 0.3 is 0 Å². The lowest BCUT2D eigenvalue weighted by Crippen LogP contribution is -2.19. The van der Waals surface area contributed by atoms with Crippen molar-refractivity contribution in [3.63, 3.8) is 0 Å². The summed E-state index contributed by atoms with van der Waals surface area (Å²) in [7, 11) is -3.47. The molecule has 0 bridgehead atoms. The van der Waals surface area contributed by atoms with Gasteiger partial charge in [0.1, 0.15) is 11.2 Å². The average Bonchev–Trinajstić information content (AvgIpc) is 3.09. The zero-order chi connectivity index (χ0) is 14.3. The first-order valence-electron chi connectivity index (χ1n) is 5.92. The van der Waals surface area contributed by atoms with E-state index in [9.17, 15) is 23.2 Å². The van der Waals surface area contributed by atoms with Gasteiger partial charge in [-0.15, -0.1) is 0 Å². The maximum absolute atomic E-state index is 13.2. The van der Waals surface area contributed by atoms with E-state index in [0.717, 1.165) is 0 Å². The van der Waals surface area contributed by atoms with Gasteiger partial charge in [0, 0.05) is 11.7 Å². The summed E-state index contributed by atoms with van der Waals surface area (Å²) < 4.78 is 37.2. The Kier molecular flexibility index (Phi) is 3.37. The van der Waals surface area contributed by atoms with Gasteiger partial charge in [-0.1, -0.05) is 19.1 Å². The highest BCUT2D eigenvalue weighted by Crippen LogP contribution is 2.62. The van der Waals surface area contributed by atoms with Crippen LogP contribution in [0.3, 0.4) is 0 Å². The van der Waals surface area contributed by atoms with Gasteiger partial charge in [-0.05, 0) is 17.7 Å². The Morgan fingerprint density at radius 2 is 2.21 bits per heavy atom. The molecule has 6 heteroatoms. The molecule has 3 atom stereocenters. The standard InChI is InChI=1S/C13H14FNO3S/c1-2-19(17,18)12-11(13(12,7-15)8-16)9-4-3-5-10(14)6-9/h3-6,11-12,16H,2,8H2,1H3/t11-,12-,13+/m1/s1. The number of nitriles is 1. The van der Waals surface area contributed by atoms with Crippen LogP contribution in [0.5, 0.6) is 0 Å². The second-order valence-electron chi connectivity index (χ2n) is 4.72. The van der Waals surface area contributed by atoms with E-state index >= 15 is 0 Å².